The number of pyridine rings is 3. The second-order valence-corrected chi connectivity index (χ2v) is 8.25. The molecule has 0 saturated heterocycles. The molecule has 3 aromatic heterocycles. The van der Waals surface area contributed by atoms with Crippen molar-refractivity contribution in [1.29, 1.82) is 0 Å². The molecule has 158 valence electrons. The second kappa shape index (κ2) is 7.98. The molecule has 0 fully saturated rings. The molecule has 0 amide bonds. The molecule has 3 heterocycles. The van der Waals surface area contributed by atoms with Crippen LogP contribution in [0.2, 0.25) is 0 Å². The third kappa shape index (κ3) is 4.56. The average Bonchev–Trinajstić information content (AvgIpc) is 2.67. The van der Waals surface area contributed by atoms with Crippen molar-refractivity contribution in [3.8, 4) is 11.3 Å². The predicted octanol–water partition coefficient (Wildman–Crippen LogP) is 4.62. The summed E-state index contributed by atoms with van der Waals surface area (Å²) < 4.78 is 82.2. The number of aromatic nitrogens is 3. The molecule has 3 aromatic rings. The normalized spacial score (nSPS) is 12.2. The van der Waals surface area contributed by atoms with Gasteiger partial charge in [-0.2, -0.15) is 26.0 Å². The van der Waals surface area contributed by atoms with Crippen molar-refractivity contribution in [2.24, 2.45) is 0 Å². The molecular weight excluding hydrogens is 424 g/mol. The van der Waals surface area contributed by atoms with E-state index in [4.69, 9.17) is 0 Å². The standard InChI is InChI=1S/C19H16F4N4O2S/c1-11(2)13-9-15(27-30(28,29)16-7-3-6-14(20)25-16)26-18(17(13)19(21,22)23)12-5-4-8-24-10-12/h3-11H,1-2H3,(H,26,27). The molecule has 0 unspecified atom stereocenters. The van der Waals surface area contributed by atoms with E-state index in [0.717, 1.165) is 24.3 Å². The van der Waals surface area contributed by atoms with Gasteiger partial charge in [0.15, 0.2) is 5.03 Å². The molecule has 3 rings (SSSR count). The Hall–Kier alpha value is -3.08. The van der Waals surface area contributed by atoms with Crippen LogP contribution in [0.15, 0.2) is 53.8 Å². The minimum atomic E-state index is -4.74. The lowest BCUT2D eigenvalue weighted by Crippen LogP contribution is -2.19. The molecular formula is C19H16F4N4O2S. The summed E-state index contributed by atoms with van der Waals surface area (Å²) in [5, 5.41) is -0.627. The fraction of sp³-hybridized carbons (Fsp3) is 0.211. The van der Waals surface area contributed by atoms with Crippen LogP contribution >= 0.6 is 0 Å². The highest BCUT2D eigenvalue weighted by molar-refractivity contribution is 7.92. The van der Waals surface area contributed by atoms with Gasteiger partial charge in [-0.05, 0) is 41.8 Å². The van der Waals surface area contributed by atoms with E-state index in [-0.39, 0.29) is 16.9 Å². The van der Waals surface area contributed by atoms with Gasteiger partial charge in [-0.1, -0.05) is 19.9 Å². The third-order valence-corrected chi connectivity index (χ3v) is 5.35. The number of nitrogens with zero attached hydrogens (tertiary/aromatic N) is 3. The second-order valence-electron chi connectivity index (χ2n) is 6.62. The van der Waals surface area contributed by atoms with Crippen LogP contribution in [0.3, 0.4) is 0 Å². The van der Waals surface area contributed by atoms with E-state index in [1.165, 1.54) is 24.5 Å². The smallest absolute Gasteiger partial charge is 0.264 e. The van der Waals surface area contributed by atoms with Crippen LogP contribution in [0.1, 0.15) is 30.9 Å². The van der Waals surface area contributed by atoms with Crippen LogP contribution in [0.25, 0.3) is 11.3 Å². The highest BCUT2D eigenvalue weighted by Crippen LogP contribution is 2.42. The Morgan fingerprint density at radius 3 is 2.37 bits per heavy atom. The molecule has 1 N–H and O–H groups in total. The maximum atomic E-state index is 13.9. The number of anilines is 1. The van der Waals surface area contributed by atoms with Gasteiger partial charge in [0, 0.05) is 18.0 Å². The molecule has 30 heavy (non-hydrogen) atoms. The monoisotopic (exact) mass is 440 g/mol. The first-order valence-electron chi connectivity index (χ1n) is 8.67. The first kappa shape index (κ1) is 21.6. The molecule has 0 aliphatic carbocycles. The first-order valence-corrected chi connectivity index (χ1v) is 10.2. The fourth-order valence-electron chi connectivity index (χ4n) is 2.81. The van der Waals surface area contributed by atoms with E-state index in [1.807, 2.05) is 0 Å². The Morgan fingerprint density at radius 2 is 1.80 bits per heavy atom. The molecule has 0 atom stereocenters. The lowest BCUT2D eigenvalue weighted by atomic mass is 9.94. The zero-order valence-electron chi connectivity index (χ0n) is 15.8. The molecule has 0 aliphatic heterocycles. The number of halogens is 4. The van der Waals surface area contributed by atoms with E-state index < -0.39 is 44.3 Å². The Bertz CT molecular complexity index is 1170. The number of nitrogens with one attached hydrogen (secondary N) is 1. The van der Waals surface area contributed by atoms with Crippen molar-refractivity contribution in [3.05, 3.63) is 65.9 Å². The summed E-state index contributed by atoms with van der Waals surface area (Å²) in [5.74, 6) is -1.97. The number of rotatable bonds is 5. The largest absolute Gasteiger partial charge is 0.418 e. The Kier molecular flexibility index (Phi) is 5.75. The first-order chi connectivity index (χ1) is 14.0. The summed E-state index contributed by atoms with van der Waals surface area (Å²) in [6.07, 6.45) is -2.14. The van der Waals surface area contributed by atoms with Gasteiger partial charge in [-0.3, -0.25) is 9.71 Å². The van der Waals surface area contributed by atoms with E-state index in [2.05, 4.69) is 19.7 Å². The van der Waals surface area contributed by atoms with E-state index in [9.17, 15) is 26.0 Å². The summed E-state index contributed by atoms with van der Waals surface area (Å²) in [4.78, 5) is 11.0. The Balaban J connectivity index is 2.21. The van der Waals surface area contributed by atoms with Crippen LogP contribution in [0, 0.1) is 5.95 Å². The summed E-state index contributed by atoms with van der Waals surface area (Å²) >= 11 is 0. The predicted molar refractivity (Wildman–Crippen MR) is 102 cm³/mol. The highest BCUT2D eigenvalue weighted by Gasteiger charge is 2.38. The average molecular weight is 440 g/mol. The topological polar surface area (TPSA) is 84.8 Å². The Labute approximate surface area is 170 Å². The van der Waals surface area contributed by atoms with Gasteiger partial charge >= 0.3 is 6.18 Å². The van der Waals surface area contributed by atoms with Gasteiger partial charge < -0.3 is 0 Å². The minimum Gasteiger partial charge on any atom is -0.264 e. The molecule has 0 saturated carbocycles. The SMILES string of the molecule is CC(C)c1cc(NS(=O)(=O)c2cccc(F)n2)nc(-c2cccnc2)c1C(F)(F)F. The van der Waals surface area contributed by atoms with Gasteiger partial charge in [-0.15, -0.1) is 0 Å². The highest BCUT2D eigenvalue weighted by atomic mass is 32.2. The number of alkyl halides is 3. The number of hydrogen-bond donors (Lipinski definition) is 1. The molecule has 11 heteroatoms. The molecule has 0 aliphatic rings. The zero-order valence-corrected chi connectivity index (χ0v) is 16.6. The molecule has 0 spiro atoms. The maximum Gasteiger partial charge on any atom is 0.418 e. The van der Waals surface area contributed by atoms with Gasteiger partial charge in [0.05, 0.1) is 11.3 Å². The van der Waals surface area contributed by atoms with Crippen molar-refractivity contribution in [2.75, 3.05) is 4.72 Å². The number of sulfonamides is 1. The minimum absolute atomic E-state index is 0.0663. The van der Waals surface area contributed by atoms with E-state index in [0.29, 0.717) is 0 Å². The molecule has 0 aromatic carbocycles. The van der Waals surface area contributed by atoms with Crippen molar-refractivity contribution in [1.82, 2.24) is 15.0 Å². The van der Waals surface area contributed by atoms with Crippen molar-refractivity contribution < 1.29 is 26.0 Å². The summed E-state index contributed by atoms with van der Waals surface area (Å²) in [6, 6.07) is 7.02. The maximum absolute atomic E-state index is 13.9. The summed E-state index contributed by atoms with van der Waals surface area (Å²) in [5.41, 5.74) is -1.53. The van der Waals surface area contributed by atoms with Crippen LogP contribution in [-0.4, -0.2) is 23.4 Å². The lowest BCUT2D eigenvalue weighted by Gasteiger charge is -2.21. The lowest BCUT2D eigenvalue weighted by molar-refractivity contribution is -0.138. The fourth-order valence-corrected chi connectivity index (χ4v) is 3.76. The molecule has 6 nitrogen and oxygen atoms in total. The molecule has 0 radical (unpaired) electrons. The Morgan fingerprint density at radius 1 is 1.07 bits per heavy atom. The van der Waals surface area contributed by atoms with Crippen LogP contribution < -0.4 is 4.72 Å². The van der Waals surface area contributed by atoms with E-state index in [1.54, 1.807) is 13.8 Å². The van der Waals surface area contributed by atoms with Crippen molar-refractivity contribution in [2.45, 2.75) is 31.0 Å². The zero-order chi connectivity index (χ0) is 22.1. The third-order valence-electron chi connectivity index (χ3n) is 4.09. The quantitative estimate of drug-likeness (QED) is 0.462. The van der Waals surface area contributed by atoms with E-state index >= 15 is 0 Å². The van der Waals surface area contributed by atoms with Crippen LogP contribution in [-0.2, 0) is 16.2 Å². The van der Waals surface area contributed by atoms with Gasteiger partial charge in [0.25, 0.3) is 10.0 Å². The number of hydrogen-bond acceptors (Lipinski definition) is 5. The van der Waals surface area contributed by atoms with Gasteiger partial charge in [0.2, 0.25) is 5.95 Å². The van der Waals surface area contributed by atoms with Crippen LogP contribution in [0.4, 0.5) is 23.4 Å². The van der Waals surface area contributed by atoms with Crippen LogP contribution in [0.5, 0.6) is 0 Å². The van der Waals surface area contributed by atoms with Crippen molar-refractivity contribution in [3.63, 3.8) is 0 Å². The van der Waals surface area contributed by atoms with Gasteiger partial charge in [0.1, 0.15) is 5.82 Å². The van der Waals surface area contributed by atoms with Crippen molar-refractivity contribution >= 4 is 15.8 Å². The molecule has 0 bridgehead atoms. The van der Waals surface area contributed by atoms with Gasteiger partial charge in [-0.25, -0.2) is 9.97 Å². The summed E-state index contributed by atoms with van der Waals surface area (Å²) in [7, 11) is -4.39. The summed E-state index contributed by atoms with van der Waals surface area (Å²) in [6.45, 7) is 3.09.